The summed E-state index contributed by atoms with van der Waals surface area (Å²) < 4.78 is 5.72. The molecular weight excluding hydrogens is 244 g/mol. The summed E-state index contributed by atoms with van der Waals surface area (Å²) >= 11 is 1.69. The molecule has 1 aromatic heterocycles. The number of aromatic nitrogens is 1. The van der Waals surface area contributed by atoms with Crippen molar-refractivity contribution in [2.24, 2.45) is 0 Å². The van der Waals surface area contributed by atoms with Gasteiger partial charge in [0.15, 0.2) is 0 Å². The number of rotatable bonds is 2. The summed E-state index contributed by atoms with van der Waals surface area (Å²) in [5.74, 6) is 0. The van der Waals surface area contributed by atoms with Gasteiger partial charge in [0, 0.05) is 24.0 Å². The molecule has 18 heavy (non-hydrogen) atoms. The molecule has 1 unspecified atom stereocenters. The Morgan fingerprint density at radius 1 is 1.44 bits per heavy atom. The Morgan fingerprint density at radius 2 is 2.39 bits per heavy atom. The molecule has 1 aliphatic heterocycles. The van der Waals surface area contributed by atoms with E-state index in [0.717, 1.165) is 30.4 Å². The van der Waals surface area contributed by atoms with E-state index in [0.29, 0.717) is 0 Å². The maximum atomic E-state index is 5.72. The van der Waals surface area contributed by atoms with Crippen molar-refractivity contribution in [3.63, 3.8) is 0 Å². The van der Waals surface area contributed by atoms with Crippen LogP contribution in [0.25, 0.3) is 10.6 Å². The van der Waals surface area contributed by atoms with Crippen molar-refractivity contribution in [3.05, 3.63) is 40.9 Å². The first-order valence-corrected chi connectivity index (χ1v) is 7.06. The molecule has 0 aliphatic carbocycles. The maximum absolute atomic E-state index is 5.72. The second-order valence-corrected chi connectivity index (χ2v) is 5.37. The van der Waals surface area contributed by atoms with Crippen LogP contribution < -0.4 is 5.32 Å². The number of morpholine rings is 1. The number of thiazole rings is 1. The zero-order valence-electron chi connectivity index (χ0n) is 10.3. The highest BCUT2D eigenvalue weighted by Gasteiger charge is 2.18. The van der Waals surface area contributed by atoms with Crippen LogP contribution >= 0.6 is 11.3 Å². The van der Waals surface area contributed by atoms with E-state index in [1.54, 1.807) is 11.3 Å². The van der Waals surface area contributed by atoms with E-state index in [1.165, 1.54) is 11.1 Å². The van der Waals surface area contributed by atoms with E-state index in [4.69, 9.17) is 9.72 Å². The fraction of sp³-hybridized carbons (Fsp3) is 0.357. The number of aryl methyl sites for hydroxylation is 1. The third-order valence-electron chi connectivity index (χ3n) is 3.04. The average molecular weight is 260 g/mol. The molecule has 3 rings (SSSR count). The van der Waals surface area contributed by atoms with E-state index < -0.39 is 0 Å². The predicted octanol–water partition coefficient (Wildman–Crippen LogP) is 2.78. The first kappa shape index (κ1) is 11.8. The monoisotopic (exact) mass is 260 g/mol. The third kappa shape index (κ3) is 2.46. The van der Waals surface area contributed by atoms with Gasteiger partial charge in [0.25, 0.3) is 0 Å². The van der Waals surface area contributed by atoms with Gasteiger partial charge in [-0.3, -0.25) is 0 Å². The summed E-state index contributed by atoms with van der Waals surface area (Å²) in [5.41, 5.74) is 3.50. The summed E-state index contributed by atoms with van der Waals surface area (Å²) in [6, 6.07) is 8.45. The normalized spacial score (nSPS) is 19.9. The van der Waals surface area contributed by atoms with Gasteiger partial charge in [0.1, 0.15) is 11.1 Å². The van der Waals surface area contributed by atoms with Crippen molar-refractivity contribution < 1.29 is 4.74 Å². The van der Waals surface area contributed by atoms with Gasteiger partial charge in [-0.1, -0.05) is 23.8 Å². The van der Waals surface area contributed by atoms with Gasteiger partial charge in [-0.2, -0.15) is 0 Å². The van der Waals surface area contributed by atoms with Gasteiger partial charge in [-0.05, 0) is 13.0 Å². The second-order valence-electron chi connectivity index (χ2n) is 4.51. The molecule has 2 aromatic rings. The molecule has 1 saturated heterocycles. The smallest absolute Gasteiger partial charge is 0.123 e. The molecule has 1 fully saturated rings. The molecule has 3 nitrogen and oxygen atoms in total. The fourth-order valence-corrected chi connectivity index (χ4v) is 2.96. The number of ether oxygens (including phenoxy) is 1. The Kier molecular flexibility index (Phi) is 3.41. The van der Waals surface area contributed by atoms with Crippen molar-refractivity contribution in [3.8, 4) is 10.6 Å². The van der Waals surface area contributed by atoms with Crippen LogP contribution in [0.5, 0.6) is 0 Å². The Morgan fingerprint density at radius 3 is 3.17 bits per heavy atom. The topological polar surface area (TPSA) is 34.2 Å². The summed E-state index contributed by atoms with van der Waals surface area (Å²) in [7, 11) is 0. The van der Waals surface area contributed by atoms with E-state index in [-0.39, 0.29) is 6.10 Å². The van der Waals surface area contributed by atoms with E-state index in [1.807, 2.05) is 0 Å². The molecule has 1 atom stereocenters. The van der Waals surface area contributed by atoms with Crippen molar-refractivity contribution in [1.29, 1.82) is 0 Å². The summed E-state index contributed by atoms with van der Waals surface area (Å²) in [5, 5.41) is 6.51. The van der Waals surface area contributed by atoms with Crippen LogP contribution in [0.2, 0.25) is 0 Å². The van der Waals surface area contributed by atoms with E-state index >= 15 is 0 Å². The standard InChI is InChI=1S/C14H16N2OS/c1-10-3-2-4-11(7-10)14-16-12(9-18-14)13-8-15-5-6-17-13/h2-4,7,9,13,15H,5-6,8H2,1H3. The highest BCUT2D eigenvalue weighted by molar-refractivity contribution is 7.13. The Balaban J connectivity index is 1.84. The van der Waals surface area contributed by atoms with Gasteiger partial charge < -0.3 is 10.1 Å². The molecule has 0 radical (unpaired) electrons. The van der Waals surface area contributed by atoms with Crippen LogP contribution in [-0.2, 0) is 4.74 Å². The largest absolute Gasteiger partial charge is 0.369 e. The predicted molar refractivity (Wildman–Crippen MR) is 73.8 cm³/mol. The third-order valence-corrected chi connectivity index (χ3v) is 3.95. The van der Waals surface area contributed by atoms with Crippen LogP contribution in [0, 0.1) is 6.92 Å². The molecular formula is C14H16N2OS. The molecule has 4 heteroatoms. The number of benzene rings is 1. The van der Waals surface area contributed by atoms with Gasteiger partial charge >= 0.3 is 0 Å². The Hall–Kier alpha value is -1.23. The number of hydrogen-bond donors (Lipinski definition) is 1. The number of hydrogen-bond acceptors (Lipinski definition) is 4. The minimum absolute atomic E-state index is 0.105. The summed E-state index contributed by atoms with van der Waals surface area (Å²) in [4.78, 5) is 4.70. The lowest BCUT2D eigenvalue weighted by Crippen LogP contribution is -2.33. The number of nitrogens with one attached hydrogen (secondary N) is 1. The molecule has 1 aromatic carbocycles. The fourth-order valence-electron chi connectivity index (χ4n) is 2.10. The first-order chi connectivity index (χ1) is 8.83. The number of nitrogens with zero attached hydrogens (tertiary/aromatic N) is 1. The van der Waals surface area contributed by atoms with Crippen LogP contribution in [0.15, 0.2) is 29.6 Å². The van der Waals surface area contributed by atoms with Crippen molar-refractivity contribution >= 4 is 11.3 Å². The molecule has 0 bridgehead atoms. The van der Waals surface area contributed by atoms with Crippen molar-refractivity contribution in [1.82, 2.24) is 10.3 Å². The lowest BCUT2D eigenvalue weighted by molar-refractivity contribution is 0.0254. The highest BCUT2D eigenvalue weighted by atomic mass is 32.1. The molecule has 94 valence electrons. The van der Waals surface area contributed by atoms with Crippen molar-refractivity contribution in [2.45, 2.75) is 13.0 Å². The minimum atomic E-state index is 0.105. The molecule has 0 amide bonds. The minimum Gasteiger partial charge on any atom is -0.369 e. The van der Waals surface area contributed by atoms with Crippen LogP contribution in [0.1, 0.15) is 17.4 Å². The molecule has 0 spiro atoms. The van der Waals surface area contributed by atoms with Crippen LogP contribution in [0.4, 0.5) is 0 Å². The quantitative estimate of drug-likeness (QED) is 0.901. The van der Waals surface area contributed by atoms with Crippen LogP contribution in [0.3, 0.4) is 0 Å². The van der Waals surface area contributed by atoms with E-state index in [9.17, 15) is 0 Å². The van der Waals surface area contributed by atoms with Gasteiger partial charge in [0.2, 0.25) is 0 Å². The molecule has 1 aliphatic rings. The summed E-state index contributed by atoms with van der Waals surface area (Å²) in [6.45, 7) is 4.66. The molecule has 1 N–H and O–H groups in total. The lowest BCUT2D eigenvalue weighted by atomic mass is 10.1. The SMILES string of the molecule is Cc1cccc(-c2nc(C3CNCCO3)cs2)c1. The van der Waals surface area contributed by atoms with Crippen molar-refractivity contribution in [2.75, 3.05) is 19.7 Å². The maximum Gasteiger partial charge on any atom is 0.123 e. The van der Waals surface area contributed by atoms with Gasteiger partial charge in [-0.15, -0.1) is 11.3 Å². The van der Waals surface area contributed by atoms with Gasteiger partial charge in [-0.25, -0.2) is 4.98 Å². The van der Waals surface area contributed by atoms with Crippen LogP contribution in [-0.4, -0.2) is 24.7 Å². The highest BCUT2D eigenvalue weighted by Crippen LogP contribution is 2.28. The van der Waals surface area contributed by atoms with Gasteiger partial charge in [0.05, 0.1) is 12.3 Å². The average Bonchev–Trinajstić information content (AvgIpc) is 2.89. The molecule has 0 saturated carbocycles. The lowest BCUT2D eigenvalue weighted by Gasteiger charge is -2.21. The van der Waals surface area contributed by atoms with E-state index in [2.05, 4.69) is 41.9 Å². The molecule has 2 heterocycles. The first-order valence-electron chi connectivity index (χ1n) is 6.18. The second kappa shape index (κ2) is 5.18. The Bertz CT molecular complexity index is 532. The zero-order valence-corrected chi connectivity index (χ0v) is 11.2. The zero-order chi connectivity index (χ0) is 12.4. The Labute approximate surface area is 111 Å². The summed E-state index contributed by atoms with van der Waals surface area (Å²) in [6.07, 6.45) is 0.105.